The van der Waals surface area contributed by atoms with E-state index in [1.165, 1.54) is 18.3 Å². The molecule has 1 aromatic heterocycles. The molecule has 0 spiro atoms. The van der Waals surface area contributed by atoms with Crippen LogP contribution in [-0.4, -0.2) is 11.1 Å². The zero-order valence-corrected chi connectivity index (χ0v) is 6.68. The Morgan fingerprint density at radius 2 is 2.50 bits per heavy atom. The first-order chi connectivity index (χ1) is 5.77. The number of halogens is 2. The van der Waals surface area contributed by atoms with Gasteiger partial charge in [-0.1, -0.05) is 0 Å². The van der Waals surface area contributed by atoms with E-state index in [0.717, 1.165) is 0 Å². The molecule has 0 unspecified atom stereocenters. The number of pyridine rings is 1. The van der Waals surface area contributed by atoms with E-state index < -0.39 is 5.82 Å². The Morgan fingerprint density at radius 1 is 1.75 bits per heavy atom. The maximum absolute atomic E-state index is 12.8. The van der Waals surface area contributed by atoms with Crippen molar-refractivity contribution >= 4 is 23.5 Å². The molecule has 0 bridgehead atoms. The van der Waals surface area contributed by atoms with E-state index in [2.05, 4.69) is 9.98 Å². The molecule has 5 heteroatoms. The van der Waals surface area contributed by atoms with Crippen LogP contribution in [0.1, 0.15) is 5.56 Å². The molecule has 1 rings (SSSR count). The average molecular weight is 187 g/mol. The number of hydrogen-bond donors (Lipinski definition) is 0. The Labute approximate surface area is 72.9 Å². The minimum Gasteiger partial charge on any atom is -0.234 e. The first-order valence-corrected chi connectivity index (χ1v) is 3.59. The lowest BCUT2D eigenvalue weighted by Gasteiger charge is -1.95. The summed E-state index contributed by atoms with van der Waals surface area (Å²) < 4.78 is 12.8. The van der Waals surface area contributed by atoms with Gasteiger partial charge in [-0.15, -0.1) is 16.6 Å². The molecule has 0 radical (unpaired) electrons. The van der Waals surface area contributed by atoms with Crippen LogP contribution in [0.5, 0.6) is 0 Å². The highest BCUT2D eigenvalue weighted by molar-refractivity contribution is 6.17. The fourth-order valence-corrected chi connectivity index (χ4v) is 0.815. The molecule has 0 saturated heterocycles. The van der Waals surface area contributed by atoms with Gasteiger partial charge in [0, 0.05) is 12.1 Å². The van der Waals surface area contributed by atoms with Crippen LogP contribution in [0, 0.1) is 5.82 Å². The largest absolute Gasteiger partial charge is 0.242 e. The van der Waals surface area contributed by atoms with Gasteiger partial charge in [0.05, 0.1) is 0 Å². The fraction of sp³-hybridized carbons (Fsp3) is 0.143. The summed E-state index contributed by atoms with van der Waals surface area (Å²) in [5.74, 6) is -0.759. The van der Waals surface area contributed by atoms with Crippen molar-refractivity contribution in [3.63, 3.8) is 0 Å². The summed E-state index contributed by atoms with van der Waals surface area (Å²) in [5.41, 5.74) is 0.541. The molecule has 0 saturated carbocycles. The topological polar surface area (TPSA) is 42.3 Å². The SMILES string of the molecule is O=C=Nc1ncc(CCl)cc1F. The summed E-state index contributed by atoms with van der Waals surface area (Å²) in [6.45, 7) is 0. The van der Waals surface area contributed by atoms with Gasteiger partial charge in [-0.25, -0.2) is 14.2 Å². The average Bonchev–Trinajstić information content (AvgIpc) is 2.09. The highest BCUT2D eigenvalue weighted by Gasteiger charge is 2.02. The molecule has 3 nitrogen and oxygen atoms in total. The molecule has 0 aliphatic heterocycles. The predicted molar refractivity (Wildman–Crippen MR) is 41.5 cm³/mol. The Bertz CT molecular complexity index is 336. The molecular weight excluding hydrogens is 183 g/mol. The molecule has 0 aliphatic rings. The van der Waals surface area contributed by atoms with Crippen LogP contribution in [0.15, 0.2) is 17.3 Å². The van der Waals surface area contributed by atoms with E-state index in [1.54, 1.807) is 0 Å². The van der Waals surface area contributed by atoms with E-state index in [-0.39, 0.29) is 11.7 Å². The summed E-state index contributed by atoms with van der Waals surface area (Å²) in [7, 11) is 0. The molecule has 0 atom stereocenters. The zero-order chi connectivity index (χ0) is 8.97. The van der Waals surface area contributed by atoms with Gasteiger partial charge in [0.25, 0.3) is 0 Å². The summed E-state index contributed by atoms with van der Waals surface area (Å²) in [6.07, 6.45) is 2.56. The van der Waals surface area contributed by atoms with Crippen molar-refractivity contribution < 1.29 is 9.18 Å². The van der Waals surface area contributed by atoms with Crippen molar-refractivity contribution in [2.45, 2.75) is 5.88 Å². The summed E-state index contributed by atoms with van der Waals surface area (Å²) in [6, 6.07) is 1.18. The van der Waals surface area contributed by atoms with E-state index in [1.807, 2.05) is 0 Å². The van der Waals surface area contributed by atoms with Crippen molar-refractivity contribution in [3.05, 3.63) is 23.6 Å². The Balaban J connectivity index is 3.11. The minimum atomic E-state index is -0.670. The van der Waals surface area contributed by atoms with Gasteiger partial charge < -0.3 is 0 Å². The number of aromatic nitrogens is 1. The van der Waals surface area contributed by atoms with E-state index >= 15 is 0 Å². The quantitative estimate of drug-likeness (QED) is 0.402. The second kappa shape index (κ2) is 3.95. The van der Waals surface area contributed by atoms with Crippen molar-refractivity contribution in [2.24, 2.45) is 4.99 Å². The number of isocyanates is 1. The number of rotatable bonds is 2. The van der Waals surface area contributed by atoms with Crippen LogP contribution in [0.4, 0.5) is 10.2 Å². The maximum atomic E-state index is 12.8. The van der Waals surface area contributed by atoms with Crippen molar-refractivity contribution in [2.75, 3.05) is 0 Å². The third kappa shape index (κ3) is 1.87. The summed E-state index contributed by atoms with van der Waals surface area (Å²) >= 11 is 5.41. The fourth-order valence-electron chi connectivity index (χ4n) is 0.669. The Kier molecular flexibility index (Phi) is 2.91. The molecule has 0 fully saturated rings. The van der Waals surface area contributed by atoms with Gasteiger partial charge in [-0.3, -0.25) is 0 Å². The van der Waals surface area contributed by atoms with Crippen LogP contribution >= 0.6 is 11.6 Å². The van der Waals surface area contributed by atoms with Gasteiger partial charge in [0.1, 0.15) is 0 Å². The lowest BCUT2D eigenvalue weighted by molar-refractivity contribution is 0.563. The highest BCUT2D eigenvalue weighted by atomic mass is 35.5. The van der Waals surface area contributed by atoms with Crippen LogP contribution in [0.2, 0.25) is 0 Å². The number of hydrogen-bond acceptors (Lipinski definition) is 3. The summed E-state index contributed by atoms with van der Waals surface area (Å²) in [5, 5.41) is 0. The second-order valence-electron chi connectivity index (χ2n) is 1.99. The van der Waals surface area contributed by atoms with Crippen molar-refractivity contribution in [1.82, 2.24) is 4.98 Å². The lowest BCUT2D eigenvalue weighted by Crippen LogP contribution is -1.85. The van der Waals surface area contributed by atoms with Gasteiger partial charge in [0.2, 0.25) is 11.9 Å². The van der Waals surface area contributed by atoms with Crippen LogP contribution in [0.25, 0.3) is 0 Å². The molecule has 62 valence electrons. The smallest absolute Gasteiger partial charge is 0.234 e. The van der Waals surface area contributed by atoms with Crippen LogP contribution in [0.3, 0.4) is 0 Å². The van der Waals surface area contributed by atoms with E-state index in [4.69, 9.17) is 11.6 Å². The lowest BCUT2D eigenvalue weighted by atomic mass is 10.3. The number of aliphatic imine (C=N–C) groups is 1. The van der Waals surface area contributed by atoms with Crippen molar-refractivity contribution in [1.29, 1.82) is 0 Å². The predicted octanol–water partition coefficient (Wildman–Crippen LogP) is 1.93. The molecule has 1 heterocycles. The highest BCUT2D eigenvalue weighted by Crippen LogP contribution is 2.15. The van der Waals surface area contributed by atoms with E-state index in [0.29, 0.717) is 5.56 Å². The first-order valence-electron chi connectivity index (χ1n) is 3.06. The molecule has 12 heavy (non-hydrogen) atoms. The van der Waals surface area contributed by atoms with E-state index in [9.17, 15) is 9.18 Å². The number of nitrogens with zero attached hydrogens (tertiary/aromatic N) is 2. The third-order valence-electron chi connectivity index (χ3n) is 1.18. The molecule has 0 aliphatic carbocycles. The minimum absolute atomic E-state index is 0.176. The number of carbonyl (C=O) groups excluding carboxylic acids is 1. The third-order valence-corrected chi connectivity index (χ3v) is 1.49. The molecule has 0 aromatic carbocycles. The van der Waals surface area contributed by atoms with Crippen LogP contribution < -0.4 is 0 Å². The van der Waals surface area contributed by atoms with Gasteiger partial charge in [-0.05, 0) is 11.6 Å². The van der Waals surface area contributed by atoms with Gasteiger partial charge in [0.15, 0.2) is 5.82 Å². The normalized spacial score (nSPS) is 9.17. The van der Waals surface area contributed by atoms with Gasteiger partial charge in [-0.2, -0.15) is 0 Å². The molecule has 0 N–H and O–H groups in total. The van der Waals surface area contributed by atoms with Crippen LogP contribution in [-0.2, 0) is 10.7 Å². The zero-order valence-electron chi connectivity index (χ0n) is 5.92. The molecule has 0 amide bonds. The Morgan fingerprint density at radius 3 is 3.00 bits per heavy atom. The number of alkyl halides is 1. The monoisotopic (exact) mass is 186 g/mol. The van der Waals surface area contributed by atoms with Crippen molar-refractivity contribution in [3.8, 4) is 0 Å². The van der Waals surface area contributed by atoms with Gasteiger partial charge >= 0.3 is 0 Å². The standard InChI is InChI=1S/C7H4ClFN2O/c8-2-5-1-6(9)7(10-3-5)11-4-12/h1,3H,2H2. The first kappa shape index (κ1) is 8.84. The second-order valence-corrected chi connectivity index (χ2v) is 2.25. The summed E-state index contributed by atoms with van der Waals surface area (Å²) in [4.78, 5) is 16.4. The maximum Gasteiger partial charge on any atom is 0.242 e. The molecular formula is C7H4ClFN2O. The molecule has 1 aromatic rings. The Hall–Kier alpha value is -1.25.